The minimum Gasteiger partial charge on any atom is -0.478 e. The Kier molecular flexibility index (Phi) is 5.93. The van der Waals surface area contributed by atoms with Crippen LogP contribution >= 0.6 is 0 Å². The summed E-state index contributed by atoms with van der Waals surface area (Å²) in [5, 5.41) is 13.3. The minimum absolute atomic E-state index is 0.179. The maximum atomic E-state index is 12.0. The SMILES string of the molecule is Cc1cc(C(=O)O)ccc1-n1c(C)cc(/C=N\NC(=O)Cc2ccccc2)c1C. The third kappa shape index (κ3) is 4.60. The molecule has 0 aliphatic rings. The molecule has 2 aromatic carbocycles. The van der Waals surface area contributed by atoms with Crippen molar-refractivity contribution in [3.63, 3.8) is 0 Å². The Bertz CT molecular complexity index is 1080. The average molecular weight is 389 g/mol. The van der Waals surface area contributed by atoms with E-state index >= 15 is 0 Å². The molecule has 1 amide bonds. The number of nitrogens with one attached hydrogen (secondary N) is 1. The summed E-state index contributed by atoms with van der Waals surface area (Å²) < 4.78 is 2.05. The molecule has 3 aromatic rings. The van der Waals surface area contributed by atoms with Crippen molar-refractivity contribution in [3.05, 3.63) is 88.2 Å². The van der Waals surface area contributed by atoms with Crippen LogP contribution in [-0.4, -0.2) is 27.8 Å². The van der Waals surface area contributed by atoms with Crippen molar-refractivity contribution >= 4 is 18.1 Å². The predicted octanol–water partition coefficient (Wildman–Crippen LogP) is 3.79. The fourth-order valence-electron chi connectivity index (χ4n) is 3.32. The normalized spacial score (nSPS) is 11.0. The summed E-state index contributed by atoms with van der Waals surface area (Å²) in [5.41, 5.74) is 8.36. The Labute approximate surface area is 169 Å². The van der Waals surface area contributed by atoms with Crippen LogP contribution < -0.4 is 5.43 Å². The van der Waals surface area contributed by atoms with Crippen LogP contribution in [0.1, 0.15) is 38.4 Å². The number of carboxylic acids is 1. The summed E-state index contributed by atoms with van der Waals surface area (Å²) in [6, 6.07) is 16.5. The fraction of sp³-hybridized carbons (Fsp3) is 0.174. The van der Waals surface area contributed by atoms with Gasteiger partial charge < -0.3 is 9.67 Å². The van der Waals surface area contributed by atoms with Gasteiger partial charge in [0.05, 0.1) is 18.2 Å². The lowest BCUT2D eigenvalue weighted by atomic mass is 10.1. The van der Waals surface area contributed by atoms with E-state index in [0.29, 0.717) is 0 Å². The largest absolute Gasteiger partial charge is 0.478 e. The second-order valence-electron chi connectivity index (χ2n) is 6.92. The first-order valence-electron chi connectivity index (χ1n) is 9.26. The zero-order chi connectivity index (χ0) is 21.0. The van der Waals surface area contributed by atoms with E-state index in [9.17, 15) is 9.59 Å². The van der Waals surface area contributed by atoms with Crippen LogP contribution in [0.5, 0.6) is 0 Å². The van der Waals surface area contributed by atoms with Gasteiger partial charge in [0.15, 0.2) is 0 Å². The lowest BCUT2D eigenvalue weighted by Crippen LogP contribution is -2.19. The maximum absolute atomic E-state index is 12.0. The van der Waals surface area contributed by atoms with E-state index in [2.05, 4.69) is 10.5 Å². The first kappa shape index (κ1) is 20.1. The molecule has 0 aliphatic carbocycles. The Balaban J connectivity index is 1.76. The third-order valence-electron chi connectivity index (χ3n) is 4.76. The molecule has 148 valence electrons. The van der Waals surface area contributed by atoms with Gasteiger partial charge in [0, 0.05) is 22.6 Å². The third-order valence-corrected chi connectivity index (χ3v) is 4.76. The number of aromatic nitrogens is 1. The second-order valence-corrected chi connectivity index (χ2v) is 6.92. The zero-order valence-electron chi connectivity index (χ0n) is 16.6. The van der Waals surface area contributed by atoms with Gasteiger partial charge in [0.25, 0.3) is 0 Å². The van der Waals surface area contributed by atoms with E-state index in [-0.39, 0.29) is 17.9 Å². The number of carbonyl (C=O) groups is 2. The minimum atomic E-state index is -0.945. The summed E-state index contributed by atoms with van der Waals surface area (Å²) in [5.74, 6) is -1.12. The van der Waals surface area contributed by atoms with Crippen molar-refractivity contribution in [2.45, 2.75) is 27.2 Å². The Morgan fingerprint density at radius 3 is 2.45 bits per heavy atom. The number of hydrogen-bond acceptors (Lipinski definition) is 3. The molecule has 0 atom stereocenters. The van der Waals surface area contributed by atoms with Crippen molar-refractivity contribution in [2.24, 2.45) is 5.10 Å². The van der Waals surface area contributed by atoms with Gasteiger partial charge in [-0.05, 0) is 56.2 Å². The highest BCUT2D eigenvalue weighted by atomic mass is 16.4. The highest BCUT2D eigenvalue weighted by Crippen LogP contribution is 2.23. The summed E-state index contributed by atoms with van der Waals surface area (Å²) in [4.78, 5) is 23.2. The summed E-state index contributed by atoms with van der Waals surface area (Å²) >= 11 is 0. The van der Waals surface area contributed by atoms with Crippen LogP contribution in [0.2, 0.25) is 0 Å². The van der Waals surface area contributed by atoms with Gasteiger partial charge in [-0.3, -0.25) is 4.79 Å². The molecule has 0 spiro atoms. The standard InChI is InChI=1S/C23H23N3O3/c1-15-11-19(23(28)29)9-10-21(15)26-16(2)12-20(17(26)3)14-24-25-22(27)13-18-7-5-4-6-8-18/h4-12,14H,13H2,1-3H3,(H,25,27)(H,28,29)/b24-14-. The quantitative estimate of drug-likeness (QED) is 0.497. The van der Waals surface area contributed by atoms with E-state index in [0.717, 1.165) is 33.8 Å². The molecule has 0 unspecified atom stereocenters. The van der Waals surface area contributed by atoms with Crippen LogP contribution in [-0.2, 0) is 11.2 Å². The Morgan fingerprint density at radius 1 is 1.07 bits per heavy atom. The van der Waals surface area contributed by atoms with Crippen LogP contribution in [0.3, 0.4) is 0 Å². The van der Waals surface area contributed by atoms with E-state index in [1.54, 1.807) is 24.4 Å². The second kappa shape index (κ2) is 8.56. The molecule has 2 N–H and O–H groups in total. The van der Waals surface area contributed by atoms with Gasteiger partial charge in [0.1, 0.15) is 0 Å². The molecule has 0 radical (unpaired) electrons. The number of hydrogen-bond donors (Lipinski definition) is 2. The van der Waals surface area contributed by atoms with Gasteiger partial charge in [-0.1, -0.05) is 30.3 Å². The van der Waals surface area contributed by atoms with E-state index in [1.807, 2.05) is 61.7 Å². The molecule has 6 nitrogen and oxygen atoms in total. The van der Waals surface area contributed by atoms with Gasteiger partial charge in [0.2, 0.25) is 5.91 Å². The van der Waals surface area contributed by atoms with Crippen LogP contribution in [0.25, 0.3) is 5.69 Å². The number of aryl methyl sites for hydroxylation is 2. The molecule has 0 fully saturated rings. The molecular formula is C23H23N3O3. The summed E-state index contributed by atoms with van der Waals surface area (Å²) in [7, 11) is 0. The number of amides is 1. The first-order chi connectivity index (χ1) is 13.9. The molecule has 0 saturated carbocycles. The van der Waals surface area contributed by atoms with Gasteiger partial charge >= 0.3 is 5.97 Å². The molecule has 6 heteroatoms. The van der Waals surface area contributed by atoms with Gasteiger partial charge in [-0.15, -0.1) is 0 Å². The molecular weight excluding hydrogens is 366 g/mol. The number of carboxylic acid groups (broad SMARTS) is 1. The number of carbonyl (C=O) groups excluding carboxylic acids is 1. The van der Waals surface area contributed by atoms with Crippen LogP contribution in [0, 0.1) is 20.8 Å². The topological polar surface area (TPSA) is 83.7 Å². The van der Waals surface area contributed by atoms with Gasteiger partial charge in [-0.2, -0.15) is 5.10 Å². The average Bonchev–Trinajstić information content (AvgIpc) is 2.96. The Hall–Kier alpha value is -3.67. The number of aromatic carboxylic acids is 1. The number of hydrazone groups is 1. The number of benzene rings is 2. The predicted molar refractivity (Wildman–Crippen MR) is 113 cm³/mol. The van der Waals surface area contributed by atoms with Crippen molar-refractivity contribution in [1.82, 2.24) is 9.99 Å². The zero-order valence-corrected chi connectivity index (χ0v) is 16.6. The molecule has 0 aliphatic heterocycles. The number of rotatable bonds is 6. The smallest absolute Gasteiger partial charge is 0.335 e. The van der Waals surface area contributed by atoms with Crippen LogP contribution in [0.4, 0.5) is 0 Å². The maximum Gasteiger partial charge on any atom is 0.335 e. The van der Waals surface area contributed by atoms with Crippen LogP contribution in [0.15, 0.2) is 59.7 Å². The molecule has 1 aromatic heterocycles. The lowest BCUT2D eigenvalue weighted by molar-refractivity contribution is -0.120. The molecule has 1 heterocycles. The lowest BCUT2D eigenvalue weighted by Gasteiger charge is -2.13. The van der Waals surface area contributed by atoms with E-state index in [4.69, 9.17) is 5.11 Å². The van der Waals surface area contributed by atoms with Crippen molar-refractivity contribution in [1.29, 1.82) is 0 Å². The van der Waals surface area contributed by atoms with Crippen molar-refractivity contribution in [3.8, 4) is 5.69 Å². The summed E-state index contributed by atoms with van der Waals surface area (Å²) in [6.45, 7) is 5.83. The highest BCUT2D eigenvalue weighted by Gasteiger charge is 2.13. The first-order valence-corrected chi connectivity index (χ1v) is 9.26. The van der Waals surface area contributed by atoms with Gasteiger partial charge in [-0.25, -0.2) is 10.2 Å². The molecule has 29 heavy (non-hydrogen) atoms. The molecule has 0 bridgehead atoms. The van der Waals surface area contributed by atoms with Crippen molar-refractivity contribution < 1.29 is 14.7 Å². The van der Waals surface area contributed by atoms with Crippen molar-refractivity contribution in [2.75, 3.05) is 0 Å². The summed E-state index contributed by atoms with van der Waals surface area (Å²) in [6.07, 6.45) is 1.90. The fourth-order valence-corrected chi connectivity index (χ4v) is 3.32. The molecule has 3 rings (SSSR count). The van der Waals surface area contributed by atoms with E-state index < -0.39 is 5.97 Å². The monoisotopic (exact) mass is 389 g/mol. The Morgan fingerprint density at radius 2 is 1.79 bits per heavy atom. The highest BCUT2D eigenvalue weighted by molar-refractivity contribution is 5.88. The number of nitrogens with zero attached hydrogens (tertiary/aromatic N) is 2. The van der Waals surface area contributed by atoms with E-state index in [1.165, 1.54) is 0 Å². The molecule has 0 saturated heterocycles.